The van der Waals surface area contributed by atoms with E-state index in [2.05, 4.69) is 5.32 Å². The molecule has 2 N–H and O–H groups in total. The number of carboxylic acid groups (broad SMARTS) is 1. The van der Waals surface area contributed by atoms with Crippen LogP contribution in [0.2, 0.25) is 0 Å². The van der Waals surface area contributed by atoms with Gasteiger partial charge in [0.05, 0.1) is 5.41 Å². The first-order valence-corrected chi connectivity index (χ1v) is 7.08. The molecule has 0 radical (unpaired) electrons. The summed E-state index contributed by atoms with van der Waals surface area (Å²) in [5.41, 5.74) is -0.561. The molecule has 0 saturated heterocycles. The van der Waals surface area contributed by atoms with Crippen LogP contribution >= 0.6 is 0 Å². The lowest BCUT2D eigenvalue weighted by molar-refractivity contribution is -0.149. The van der Waals surface area contributed by atoms with Gasteiger partial charge in [-0.2, -0.15) is 0 Å². The van der Waals surface area contributed by atoms with Crippen molar-refractivity contribution in [1.82, 2.24) is 5.32 Å². The second kappa shape index (κ2) is 7.00. The standard InChI is InChI=1S/C14H27NO2/c1-3-14(4-2,13(16)17)11-15-10-12-8-6-5-7-9-12/h12,15H,3-11H2,1-2H3,(H,16,17). The highest BCUT2D eigenvalue weighted by atomic mass is 16.4. The van der Waals surface area contributed by atoms with Gasteiger partial charge in [0.2, 0.25) is 0 Å². The first-order valence-electron chi connectivity index (χ1n) is 7.08. The van der Waals surface area contributed by atoms with Gasteiger partial charge in [-0.15, -0.1) is 0 Å². The molecule has 3 nitrogen and oxygen atoms in total. The molecule has 3 heteroatoms. The SMILES string of the molecule is CCC(CC)(CNCC1CCCCC1)C(=O)O. The fraction of sp³-hybridized carbons (Fsp3) is 0.929. The van der Waals surface area contributed by atoms with Crippen molar-refractivity contribution < 1.29 is 9.90 Å². The lowest BCUT2D eigenvalue weighted by Crippen LogP contribution is -2.41. The van der Waals surface area contributed by atoms with Crippen molar-refractivity contribution in [1.29, 1.82) is 0 Å². The Labute approximate surface area is 105 Å². The minimum absolute atomic E-state index is 0.561. The summed E-state index contributed by atoms with van der Waals surface area (Å²) < 4.78 is 0. The fourth-order valence-corrected chi connectivity index (χ4v) is 2.78. The van der Waals surface area contributed by atoms with E-state index in [1.807, 2.05) is 13.8 Å². The molecule has 0 aromatic heterocycles. The van der Waals surface area contributed by atoms with Gasteiger partial charge in [0.1, 0.15) is 0 Å². The maximum atomic E-state index is 11.3. The molecule has 1 saturated carbocycles. The number of hydrogen-bond acceptors (Lipinski definition) is 2. The van der Waals surface area contributed by atoms with Crippen molar-refractivity contribution in [2.24, 2.45) is 11.3 Å². The normalized spacial score (nSPS) is 18.2. The van der Waals surface area contributed by atoms with Gasteiger partial charge < -0.3 is 10.4 Å². The van der Waals surface area contributed by atoms with E-state index in [-0.39, 0.29) is 0 Å². The third-order valence-corrected chi connectivity index (χ3v) is 4.43. The average molecular weight is 241 g/mol. The van der Waals surface area contributed by atoms with Crippen LogP contribution in [-0.4, -0.2) is 24.2 Å². The van der Waals surface area contributed by atoms with Crippen LogP contribution in [0, 0.1) is 11.3 Å². The van der Waals surface area contributed by atoms with E-state index >= 15 is 0 Å². The van der Waals surface area contributed by atoms with Gasteiger partial charge in [-0.25, -0.2) is 0 Å². The molecule has 17 heavy (non-hydrogen) atoms. The molecule has 0 atom stereocenters. The lowest BCUT2D eigenvalue weighted by atomic mass is 9.82. The van der Waals surface area contributed by atoms with E-state index in [0.717, 1.165) is 12.5 Å². The third kappa shape index (κ3) is 3.98. The Bertz CT molecular complexity index is 230. The van der Waals surface area contributed by atoms with Gasteiger partial charge in [0.25, 0.3) is 0 Å². The van der Waals surface area contributed by atoms with Crippen LogP contribution in [0.25, 0.3) is 0 Å². The first-order chi connectivity index (χ1) is 8.14. The van der Waals surface area contributed by atoms with Crippen LogP contribution in [0.15, 0.2) is 0 Å². The molecule has 0 spiro atoms. The van der Waals surface area contributed by atoms with E-state index in [1.54, 1.807) is 0 Å². The average Bonchev–Trinajstić information content (AvgIpc) is 2.36. The molecule has 1 aliphatic rings. The van der Waals surface area contributed by atoms with E-state index < -0.39 is 11.4 Å². The van der Waals surface area contributed by atoms with Crippen LogP contribution in [0.5, 0.6) is 0 Å². The highest BCUT2D eigenvalue weighted by Gasteiger charge is 2.34. The summed E-state index contributed by atoms with van der Waals surface area (Å²) in [5, 5.41) is 12.7. The summed E-state index contributed by atoms with van der Waals surface area (Å²) in [6.45, 7) is 5.56. The van der Waals surface area contributed by atoms with Crippen molar-refractivity contribution in [3.8, 4) is 0 Å². The second-order valence-electron chi connectivity index (χ2n) is 5.43. The maximum Gasteiger partial charge on any atom is 0.310 e. The van der Waals surface area contributed by atoms with E-state index in [9.17, 15) is 9.90 Å². The van der Waals surface area contributed by atoms with E-state index in [0.29, 0.717) is 19.4 Å². The molecule has 0 aliphatic heterocycles. The third-order valence-electron chi connectivity index (χ3n) is 4.43. The molecule has 0 unspecified atom stereocenters. The Morgan fingerprint density at radius 1 is 1.24 bits per heavy atom. The highest BCUT2D eigenvalue weighted by Crippen LogP contribution is 2.27. The van der Waals surface area contributed by atoms with E-state index in [1.165, 1.54) is 32.1 Å². The van der Waals surface area contributed by atoms with E-state index in [4.69, 9.17) is 0 Å². The first kappa shape index (κ1) is 14.5. The van der Waals surface area contributed by atoms with Gasteiger partial charge in [-0.3, -0.25) is 4.79 Å². The Morgan fingerprint density at radius 3 is 2.29 bits per heavy atom. The van der Waals surface area contributed by atoms with Crippen LogP contribution in [0.1, 0.15) is 58.8 Å². The van der Waals surface area contributed by atoms with Crippen LogP contribution in [-0.2, 0) is 4.79 Å². The van der Waals surface area contributed by atoms with Crippen molar-refractivity contribution in [3.05, 3.63) is 0 Å². The van der Waals surface area contributed by atoms with Crippen molar-refractivity contribution in [3.63, 3.8) is 0 Å². The summed E-state index contributed by atoms with van der Waals surface area (Å²) in [5.74, 6) is 0.114. The van der Waals surface area contributed by atoms with Gasteiger partial charge in [-0.1, -0.05) is 33.1 Å². The minimum Gasteiger partial charge on any atom is -0.481 e. The molecule has 0 bridgehead atoms. The molecule has 0 aromatic carbocycles. The molecule has 0 amide bonds. The molecule has 0 aromatic rings. The lowest BCUT2D eigenvalue weighted by Gasteiger charge is -2.29. The molecule has 1 aliphatic carbocycles. The van der Waals surface area contributed by atoms with Crippen molar-refractivity contribution >= 4 is 5.97 Å². The molecular formula is C14H27NO2. The number of carboxylic acids is 1. The molecule has 0 heterocycles. The van der Waals surface area contributed by atoms with Crippen LogP contribution in [0.4, 0.5) is 0 Å². The highest BCUT2D eigenvalue weighted by molar-refractivity contribution is 5.74. The quantitative estimate of drug-likeness (QED) is 0.720. The Kier molecular flexibility index (Phi) is 5.96. The number of rotatable bonds is 7. The Hall–Kier alpha value is -0.570. The second-order valence-corrected chi connectivity index (χ2v) is 5.43. The topological polar surface area (TPSA) is 49.3 Å². The maximum absolute atomic E-state index is 11.3. The zero-order valence-corrected chi connectivity index (χ0v) is 11.3. The summed E-state index contributed by atoms with van der Waals surface area (Å²) in [6, 6.07) is 0. The van der Waals surface area contributed by atoms with Gasteiger partial charge in [-0.05, 0) is 38.1 Å². The van der Waals surface area contributed by atoms with Gasteiger partial charge >= 0.3 is 5.97 Å². The number of aliphatic carboxylic acids is 1. The largest absolute Gasteiger partial charge is 0.481 e. The molecule has 1 rings (SSSR count). The fourth-order valence-electron chi connectivity index (χ4n) is 2.78. The number of hydrogen-bond donors (Lipinski definition) is 2. The molecular weight excluding hydrogens is 214 g/mol. The summed E-state index contributed by atoms with van der Waals surface area (Å²) in [4.78, 5) is 11.3. The van der Waals surface area contributed by atoms with Crippen LogP contribution < -0.4 is 5.32 Å². The number of nitrogens with one attached hydrogen (secondary N) is 1. The minimum atomic E-state index is -0.654. The van der Waals surface area contributed by atoms with Crippen LogP contribution in [0.3, 0.4) is 0 Å². The Balaban J connectivity index is 2.33. The van der Waals surface area contributed by atoms with Gasteiger partial charge in [0.15, 0.2) is 0 Å². The molecule has 100 valence electrons. The number of carbonyl (C=O) groups is 1. The van der Waals surface area contributed by atoms with Crippen molar-refractivity contribution in [2.75, 3.05) is 13.1 Å². The smallest absolute Gasteiger partial charge is 0.310 e. The zero-order chi connectivity index (χ0) is 12.7. The summed E-state index contributed by atoms with van der Waals surface area (Å²) in [6.07, 6.45) is 8.10. The van der Waals surface area contributed by atoms with Crippen molar-refractivity contribution in [2.45, 2.75) is 58.8 Å². The molecule has 1 fully saturated rings. The summed E-state index contributed by atoms with van der Waals surface area (Å²) >= 11 is 0. The van der Waals surface area contributed by atoms with Gasteiger partial charge in [0, 0.05) is 6.54 Å². The Morgan fingerprint density at radius 2 is 1.82 bits per heavy atom. The monoisotopic (exact) mass is 241 g/mol. The predicted molar refractivity (Wildman–Crippen MR) is 70.1 cm³/mol. The summed E-state index contributed by atoms with van der Waals surface area (Å²) in [7, 11) is 0. The zero-order valence-electron chi connectivity index (χ0n) is 11.3. The predicted octanol–water partition coefficient (Wildman–Crippen LogP) is 3.05.